The van der Waals surface area contributed by atoms with Gasteiger partial charge in [0.25, 0.3) is 0 Å². The lowest BCUT2D eigenvalue weighted by atomic mass is 10.0. The quantitative estimate of drug-likeness (QED) is 0.841. The SMILES string of the molecule is C=C(CN1CCCCC1)Nc1cc2cc(C3=CN=C(C)C3)ccc2cn1. The number of hydrogen-bond donors (Lipinski definition) is 1. The highest BCUT2D eigenvalue weighted by Crippen LogP contribution is 2.27. The van der Waals surface area contributed by atoms with E-state index in [0.29, 0.717) is 0 Å². The summed E-state index contributed by atoms with van der Waals surface area (Å²) in [6.45, 7) is 9.51. The minimum absolute atomic E-state index is 0.865. The molecule has 0 amide bonds. The van der Waals surface area contributed by atoms with Gasteiger partial charge in [-0.05, 0) is 61.5 Å². The summed E-state index contributed by atoms with van der Waals surface area (Å²) >= 11 is 0. The highest BCUT2D eigenvalue weighted by atomic mass is 15.2. The predicted molar refractivity (Wildman–Crippen MR) is 110 cm³/mol. The molecule has 2 aliphatic rings. The molecule has 3 heterocycles. The summed E-state index contributed by atoms with van der Waals surface area (Å²) in [5.74, 6) is 0.865. The Balaban J connectivity index is 1.48. The molecule has 0 spiro atoms. The van der Waals surface area contributed by atoms with Gasteiger partial charge in [0.15, 0.2) is 0 Å². The van der Waals surface area contributed by atoms with Crippen molar-refractivity contribution in [3.8, 4) is 0 Å². The average molecular weight is 346 g/mol. The van der Waals surface area contributed by atoms with E-state index in [1.165, 1.54) is 54.6 Å². The van der Waals surface area contributed by atoms with Gasteiger partial charge in [-0.25, -0.2) is 4.98 Å². The summed E-state index contributed by atoms with van der Waals surface area (Å²) in [4.78, 5) is 11.4. The van der Waals surface area contributed by atoms with Gasteiger partial charge in [0, 0.05) is 42.2 Å². The van der Waals surface area contributed by atoms with Crippen LogP contribution in [0.15, 0.2) is 53.9 Å². The van der Waals surface area contributed by atoms with Crippen LogP contribution in [0.2, 0.25) is 0 Å². The van der Waals surface area contributed by atoms with Crippen molar-refractivity contribution in [1.29, 1.82) is 0 Å². The molecule has 0 unspecified atom stereocenters. The fourth-order valence-corrected chi connectivity index (χ4v) is 3.75. The Labute approximate surface area is 155 Å². The molecular formula is C22H26N4. The number of rotatable bonds is 5. The minimum Gasteiger partial charge on any atom is -0.343 e. The van der Waals surface area contributed by atoms with Crippen molar-refractivity contribution >= 4 is 27.9 Å². The summed E-state index contributed by atoms with van der Waals surface area (Å²) in [5, 5.41) is 5.73. The Morgan fingerprint density at radius 3 is 2.77 bits per heavy atom. The van der Waals surface area contributed by atoms with Crippen molar-refractivity contribution in [3.05, 3.63) is 54.5 Å². The van der Waals surface area contributed by atoms with Crippen LogP contribution >= 0.6 is 0 Å². The normalized spacial score (nSPS) is 17.9. The van der Waals surface area contributed by atoms with Gasteiger partial charge in [-0.1, -0.05) is 25.1 Å². The van der Waals surface area contributed by atoms with Crippen molar-refractivity contribution < 1.29 is 0 Å². The number of nitrogens with one attached hydrogen (secondary N) is 1. The second-order valence-corrected chi connectivity index (χ2v) is 7.39. The summed E-state index contributed by atoms with van der Waals surface area (Å²) in [7, 11) is 0. The van der Waals surface area contributed by atoms with Gasteiger partial charge < -0.3 is 5.32 Å². The number of nitrogens with zero attached hydrogens (tertiary/aromatic N) is 3. The molecule has 134 valence electrons. The van der Waals surface area contributed by atoms with E-state index >= 15 is 0 Å². The maximum absolute atomic E-state index is 4.55. The van der Waals surface area contributed by atoms with E-state index in [9.17, 15) is 0 Å². The van der Waals surface area contributed by atoms with Gasteiger partial charge >= 0.3 is 0 Å². The lowest BCUT2D eigenvalue weighted by Crippen LogP contribution is -2.32. The fraction of sp³-hybridized carbons (Fsp3) is 0.364. The molecule has 0 saturated carbocycles. The number of likely N-dealkylation sites (tertiary alicyclic amines) is 1. The smallest absolute Gasteiger partial charge is 0.130 e. The highest BCUT2D eigenvalue weighted by molar-refractivity contribution is 5.98. The Hall–Kier alpha value is -2.46. The Bertz CT molecular complexity index is 888. The van der Waals surface area contributed by atoms with Crippen molar-refractivity contribution in [3.63, 3.8) is 0 Å². The molecule has 2 aliphatic heterocycles. The number of pyridine rings is 1. The Kier molecular flexibility index (Phi) is 4.85. The predicted octanol–water partition coefficient (Wildman–Crippen LogP) is 4.85. The monoisotopic (exact) mass is 346 g/mol. The molecule has 0 bridgehead atoms. The topological polar surface area (TPSA) is 40.5 Å². The van der Waals surface area contributed by atoms with Crippen LogP contribution in [0.4, 0.5) is 5.82 Å². The zero-order valence-electron chi connectivity index (χ0n) is 15.5. The molecule has 0 aliphatic carbocycles. The largest absolute Gasteiger partial charge is 0.343 e. The number of piperidine rings is 1. The first-order valence-electron chi connectivity index (χ1n) is 9.47. The van der Waals surface area contributed by atoms with Crippen molar-refractivity contribution in [2.24, 2.45) is 4.99 Å². The van der Waals surface area contributed by atoms with Gasteiger partial charge in [0.1, 0.15) is 5.82 Å². The second-order valence-electron chi connectivity index (χ2n) is 7.39. The third kappa shape index (κ3) is 3.86. The lowest BCUT2D eigenvalue weighted by Gasteiger charge is -2.27. The molecule has 1 fully saturated rings. The van der Waals surface area contributed by atoms with Gasteiger partial charge in [0.05, 0.1) is 0 Å². The second kappa shape index (κ2) is 7.42. The average Bonchev–Trinajstić information content (AvgIpc) is 3.08. The number of anilines is 1. The number of fused-ring (bicyclic) bond motifs is 1. The van der Waals surface area contributed by atoms with Gasteiger partial charge in [-0.2, -0.15) is 0 Å². The van der Waals surface area contributed by atoms with Crippen LogP contribution < -0.4 is 5.32 Å². The fourth-order valence-electron chi connectivity index (χ4n) is 3.75. The van der Waals surface area contributed by atoms with Crippen molar-refractivity contribution in [1.82, 2.24) is 9.88 Å². The van der Waals surface area contributed by atoms with E-state index in [0.717, 1.165) is 29.9 Å². The third-order valence-corrected chi connectivity index (χ3v) is 5.15. The van der Waals surface area contributed by atoms with E-state index in [4.69, 9.17) is 0 Å². The maximum atomic E-state index is 4.55. The molecular weight excluding hydrogens is 320 g/mol. The van der Waals surface area contributed by atoms with E-state index in [1.54, 1.807) is 0 Å². The highest BCUT2D eigenvalue weighted by Gasteiger charge is 2.12. The molecule has 4 rings (SSSR count). The van der Waals surface area contributed by atoms with Crippen molar-refractivity contribution in [2.75, 3.05) is 25.0 Å². The molecule has 1 aromatic carbocycles. The molecule has 1 N–H and O–H groups in total. The van der Waals surface area contributed by atoms with E-state index in [1.807, 2.05) is 12.4 Å². The molecule has 26 heavy (non-hydrogen) atoms. The van der Waals surface area contributed by atoms with Crippen LogP contribution in [0.3, 0.4) is 0 Å². The molecule has 4 heteroatoms. The van der Waals surface area contributed by atoms with Crippen LogP contribution in [-0.4, -0.2) is 35.2 Å². The molecule has 4 nitrogen and oxygen atoms in total. The first kappa shape index (κ1) is 17.0. The summed E-state index contributed by atoms with van der Waals surface area (Å²) in [6.07, 6.45) is 8.80. The van der Waals surface area contributed by atoms with Crippen LogP contribution in [-0.2, 0) is 0 Å². The van der Waals surface area contributed by atoms with Crippen LogP contribution in [0.25, 0.3) is 16.3 Å². The molecule has 1 aromatic heterocycles. The Morgan fingerprint density at radius 1 is 1.15 bits per heavy atom. The van der Waals surface area contributed by atoms with E-state index < -0.39 is 0 Å². The zero-order chi connectivity index (χ0) is 17.9. The zero-order valence-corrected chi connectivity index (χ0v) is 15.5. The van der Waals surface area contributed by atoms with Crippen LogP contribution in [0, 0.1) is 0 Å². The standard InChI is InChI=1S/C22H26N4/c1-16-10-21(14-23-16)18-6-7-19-13-24-22(12-20(19)11-18)25-17(2)15-26-8-4-3-5-9-26/h6-7,11-14H,2-5,8-10,15H2,1H3,(H,24,25). The number of hydrogen-bond acceptors (Lipinski definition) is 4. The van der Waals surface area contributed by atoms with Crippen molar-refractivity contribution in [2.45, 2.75) is 32.6 Å². The summed E-state index contributed by atoms with van der Waals surface area (Å²) < 4.78 is 0. The Morgan fingerprint density at radius 2 is 2.00 bits per heavy atom. The molecule has 2 aromatic rings. The van der Waals surface area contributed by atoms with E-state index in [2.05, 4.69) is 58.0 Å². The number of allylic oxidation sites excluding steroid dienone is 1. The lowest BCUT2D eigenvalue weighted by molar-refractivity contribution is 0.247. The third-order valence-electron chi connectivity index (χ3n) is 5.15. The minimum atomic E-state index is 0.865. The molecule has 1 saturated heterocycles. The number of benzene rings is 1. The first-order valence-corrected chi connectivity index (χ1v) is 9.47. The molecule has 0 atom stereocenters. The van der Waals surface area contributed by atoms with E-state index in [-0.39, 0.29) is 0 Å². The van der Waals surface area contributed by atoms with Gasteiger partial charge in [0.2, 0.25) is 0 Å². The number of aromatic nitrogens is 1. The number of aliphatic imine (C=N–C) groups is 1. The van der Waals surface area contributed by atoms with Gasteiger partial charge in [-0.15, -0.1) is 0 Å². The maximum Gasteiger partial charge on any atom is 0.130 e. The first-order chi connectivity index (χ1) is 12.7. The molecule has 0 radical (unpaired) electrons. The summed E-state index contributed by atoms with van der Waals surface area (Å²) in [5.41, 5.74) is 4.70. The van der Waals surface area contributed by atoms with Crippen LogP contribution in [0.1, 0.15) is 38.2 Å². The van der Waals surface area contributed by atoms with Gasteiger partial charge in [-0.3, -0.25) is 9.89 Å². The van der Waals surface area contributed by atoms with Crippen LogP contribution in [0.5, 0.6) is 0 Å². The summed E-state index contributed by atoms with van der Waals surface area (Å²) in [6, 6.07) is 8.64.